The molecule has 1 saturated heterocycles. The monoisotopic (exact) mass is 308 g/mol. The number of piperazine rings is 1. The van der Waals surface area contributed by atoms with Crippen LogP contribution in [0.25, 0.3) is 0 Å². The van der Waals surface area contributed by atoms with Gasteiger partial charge in [0, 0.05) is 40.3 Å². The van der Waals surface area contributed by atoms with Crippen molar-refractivity contribution in [2.45, 2.75) is 6.18 Å². The average molecular weight is 308 g/mol. The van der Waals surface area contributed by atoms with Gasteiger partial charge in [0.05, 0.1) is 6.20 Å². The molecule has 0 N–H and O–H groups in total. The predicted octanol–water partition coefficient (Wildman–Crippen LogP) is 1.97. The summed E-state index contributed by atoms with van der Waals surface area (Å²) in [7, 11) is 3.34. The molecule has 0 radical (unpaired) electrons. The Hall–Kier alpha value is -1.51. The highest BCUT2D eigenvalue weighted by molar-refractivity contribution is 7.15. The van der Waals surface area contributed by atoms with Crippen molar-refractivity contribution in [2.75, 3.05) is 45.2 Å². The standard InChI is InChI=1S/C11H15F3N4OS/c1-16(2)10(19)18-5-3-17(4-6-18)9-15-7-8(20-9)11(12,13)14/h7H,3-6H2,1-2H3. The molecule has 0 unspecified atom stereocenters. The number of rotatable bonds is 1. The number of thiazole rings is 1. The number of halogens is 3. The van der Waals surface area contributed by atoms with Gasteiger partial charge in [0.1, 0.15) is 4.88 Å². The van der Waals surface area contributed by atoms with E-state index < -0.39 is 11.1 Å². The highest BCUT2D eigenvalue weighted by Gasteiger charge is 2.34. The molecular weight excluding hydrogens is 293 g/mol. The van der Waals surface area contributed by atoms with E-state index in [9.17, 15) is 18.0 Å². The van der Waals surface area contributed by atoms with Crippen molar-refractivity contribution in [3.05, 3.63) is 11.1 Å². The van der Waals surface area contributed by atoms with Crippen molar-refractivity contribution in [1.29, 1.82) is 0 Å². The van der Waals surface area contributed by atoms with Crippen molar-refractivity contribution in [1.82, 2.24) is 14.8 Å². The molecule has 2 heterocycles. The zero-order valence-electron chi connectivity index (χ0n) is 11.1. The van der Waals surface area contributed by atoms with E-state index in [0.29, 0.717) is 42.6 Å². The first-order valence-corrected chi connectivity index (χ1v) is 6.85. The van der Waals surface area contributed by atoms with Gasteiger partial charge in [-0.2, -0.15) is 13.2 Å². The number of carbonyl (C=O) groups is 1. The molecule has 0 atom stereocenters. The van der Waals surface area contributed by atoms with E-state index in [2.05, 4.69) is 4.98 Å². The summed E-state index contributed by atoms with van der Waals surface area (Å²) in [5.41, 5.74) is 0. The van der Waals surface area contributed by atoms with Crippen molar-refractivity contribution in [3.8, 4) is 0 Å². The maximum atomic E-state index is 12.5. The maximum Gasteiger partial charge on any atom is 0.427 e. The Morgan fingerprint density at radius 1 is 1.30 bits per heavy atom. The van der Waals surface area contributed by atoms with Crippen LogP contribution in [0.3, 0.4) is 0 Å². The Bertz CT molecular complexity index is 480. The minimum absolute atomic E-state index is 0.0835. The molecule has 0 bridgehead atoms. The minimum atomic E-state index is -4.35. The topological polar surface area (TPSA) is 39.7 Å². The highest BCUT2D eigenvalue weighted by atomic mass is 32.1. The SMILES string of the molecule is CN(C)C(=O)N1CCN(c2ncc(C(F)(F)F)s2)CC1. The molecule has 0 aromatic carbocycles. The lowest BCUT2D eigenvalue weighted by molar-refractivity contribution is -0.134. The minimum Gasteiger partial charge on any atom is -0.345 e. The number of carbonyl (C=O) groups excluding carboxylic acids is 1. The van der Waals surface area contributed by atoms with E-state index in [1.165, 1.54) is 4.90 Å². The fourth-order valence-electron chi connectivity index (χ4n) is 1.91. The van der Waals surface area contributed by atoms with Gasteiger partial charge in [-0.25, -0.2) is 9.78 Å². The third-order valence-electron chi connectivity index (χ3n) is 2.98. The van der Waals surface area contributed by atoms with Gasteiger partial charge in [-0.3, -0.25) is 0 Å². The zero-order chi connectivity index (χ0) is 14.9. The van der Waals surface area contributed by atoms with Gasteiger partial charge in [-0.1, -0.05) is 11.3 Å². The molecule has 20 heavy (non-hydrogen) atoms. The van der Waals surface area contributed by atoms with Crippen LogP contribution in [-0.2, 0) is 6.18 Å². The van der Waals surface area contributed by atoms with E-state index in [-0.39, 0.29) is 6.03 Å². The van der Waals surface area contributed by atoms with E-state index in [1.807, 2.05) is 0 Å². The summed E-state index contributed by atoms with van der Waals surface area (Å²) in [4.78, 5) is 19.8. The summed E-state index contributed by atoms with van der Waals surface area (Å²) in [5.74, 6) is 0. The lowest BCUT2D eigenvalue weighted by atomic mass is 10.3. The van der Waals surface area contributed by atoms with Crippen LogP contribution in [0.4, 0.5) is 23.1 Å². The Balaban J connectivity index is 1.97. The van der Waals surface area contributed by atoms with Crippen LogP contribution in [0.2, 0.25) is 0 Å². The molecule has 1 aliphatic heterocycles. The van der Waals surface area contributed by atoms with E-state index >= 15 is 0 Å². The number of nitrogens with zero attached hydrogens (tertiary/aromatic N) is 4. The summed E-state index contributed by atoms with van der Waals surface area (Å²) in [5, 5.41) is 0.356. The lowest BCUT2D eigenvalue weighted by Gasteiger charge is -2.35. The highest BCUT2D eigenvalue weighted by Crippen LogP contribution is 2.36. The molecule has 0 aliphatic carbocycles. The summed E-state index contributed by atoms with van der Waals surface area (Å²) in [6.45, 7) is 1.95. The first-order valence-electron chi connectivity index (χ1n) is 6.03. The number of hydrogen-bond donors (Lipinski definition) is 0. The molecule has 1 aliphatic rings. The van der Waals surface area contributed by atoms with Gasteiger partial charge in [0.15, 0.2) is 5.13 Å². The zero-order valence-corrected chi connectivity index (χ0v) is 12.0. The number of urea groups is 1. The number of alkyl halides is 3. The van der Waals surface area contributed by atoms with Crippen LogP contribution in [0.5, 0.6) is 0 Å². The predicted molar refractivity (Wildman–Crippen MR) is 70.0 cm³/mol. The number of amides is 2. The molecule has 2 rings (SSSR count). The van der Waals surface area contributed by atoms with Crippen molar-refractivity contribution in [3.63, 3.8) is 0 Å². The van der Waals surface area contributed by atoms with Gasteiger partial charge in [0.25, 0.3) is 0 Å². The Kier molecular flexibility index (Phi) is 4.07. The summed E-state index contributed by atoms with van der Waals surface area (Å²) >= 11 is 0.638. The molecule has 2 amide bonds. The fraction of sp³-hybridized carbons (Fsp3) is 0.636. The van der Waals surface area contributed by atoms with Crippen molar-refractivity contribution >= 4 is 22.5 Å². The summed E-state index contributed by atoms with van der Waals surface area (Å²) in [6.07, 6.45) is -3.49. The van der Waals surface area contributed by atoms with Gasteiger partial charge < -0.3 is 14.7 Å². The first-order chi connectivity index (χ1) is 9.29. The molecular formula is C11H15F3N4OS. The second-order valence-corrected chi connectivity index (χ2v) is 5.67. The fourth-order valence-corrected chi connectivity index (χ4v) is 2.75. The number of anilines is 1. The van der Waals surface area contributed by atoms with Crippen LogP contribution in [0.15, 0.2) is 6.20 Å². The van der Waals surface area contributed by atoms with Gasteiger partial charge in [0.2, 0.25) is 0 Å². The Morgan fingerprint density at radius 3 is 2.35 bits per heavy atom. The van der Waals surface area contributed by atoms with Gasteiger partial charge in [-0.15, -0.1) is 0 Å². The molecule has 1 aromatic rings. The van der Waals surface area contributed by atoms with Crippen LogP contribution >= 0.6 is 11.3 Å². The Morgan fingerprint density at radius 2 is 1.90 bits per heavy atom. The average Bonchev–Trinajstić information content (AvgIpc) is 2.87. The van der Waals surface area contributed by atoms with Crippen LogP contribution in [0, 0.1) is 0 Å². The van der Waals surface area contributed by atoms with Crippen LogP contribution in [-0.4, -0.2) is 61.1 Å². The third-order valence-corrected chi connectivity index (χ3v) is 4.08. The van der Waals surface area contributed by atoms with Gasteiger partial charge in [-0.05, 0) is 0 Å². The summed E-state index contributed by atoms with van der Waals surface area (Å²) in [6, 6.07) is -0.0835. The molecule has 9 heteroatoms. The normalized spacial score (nSPS) is 16.4. The first kappa shape index (κ1) is 14.9. The van der Waals surface area contributed by atoms with Crippen LogP contribution in [0.1, 0.15) is 4.88 Å². The molecule has 112 valence electrons. The molecule has 0 saturated carbocycles. The lowest BCUT2D eigenvalue weighted by Crippen LogP contribution is -2.51. The molecule has 0 spiro atoms. The molecule has 1 aromatic heterocycles. The summed E-state index contributed by atoms with van der Waals surface area (Å²) < 4.78 is 37.6. The number of aromatic nitrogens is 1. The second-order valence-electron chi connectivity index (χ2n) is 4.66. The maximum absolute atomic E-state index is 12.5. The number of hydrogen-bond acceptors (Lipinski definition) is 4. The van der Waals surface area contributed by atoms with Crippen LogP contribution < -0.4 is 4.90 Å². The molecule has 1 fully saturated rings. The molecule has 5 nitrogen and oxygen atoms in total. The quantitative estimate of drug-likeness (QED) is 0.796. The van der Waals surface area contributed by atoms with Crippen molar-refractivity contribution in [2.24, 2.45) is 0 Å². The smallest absolute Gasteiger partial charge is 0.345 e. The second kappa shape index (κ2) is 5.47. The van der Waals surface area contributed by atoms with E-state index in [1.54, 1.807) is 23.9 Å². The van der Waals surface area contributed by atoms with Gasteiger partial charge >= 0.3 is 12.2 Å². The Labute approximate surface area is 118 Å². The largest absolute Gasteiger partial charge is 0.427 e. The third kappa shape index (κ3) is 3.14. The van der Waals surface area contributed by atoms with Crippen molar-refractivity contribution < 1.29 is 18.0 Å². The van der Waals surface area contributed by atoms with E-state index in [0.717, 1.165) is 6.20 Å². The van der Waals surface area contributed by atoms with E-state index in [4.69, 9.17) is 0 Å².